The van der Waals surface area contributed by atoms with E-state index in [1.54, 1.807) is 6.26 Å². The van der Waals surface area contributed by atoms with Crippen molar-refractivity contribution in [1.82, 2.24) is 0 Å². The molecule has 0 aliphatic carbocycles. The van der Waals surface area contributed by atoms with Crippen molar-refractivity contribution in [3.63, 3.8) is 0 Å². The molecule has 0 amide bonds. The van der Waals surface area contributed by atoms with Crippen LogP contribution in [0.25, 0.3) is 6.08 Å². The number of hydrogen-bond acceptors (Lipinski definition) is 1. The van der Waals surface area contributed by atoms with Crippen LogP contribution in [0, 0.1) is 0 Å². The van der Waals surface area contributed by atoms with Gasteiger partial charge in [0.1, 0.15) is 0 Å². The summed E-state index contributed by atoms with van der Waals surface area (Å²) in [4.78, 5) is 0.193. The van der Waals surface area contributed by atoms with Gasteiger partial charge in [0.05, 0.1) is 11.1 Å². The first kappa shape index (κ1) is 9.28. The van der Waals surface area contributed by atoms with Gasteiger partial charge in [-0.05, 0) is 33.1 Å². The predicted octanol–water partition coefficient (Wildman–Crippen LogP) is 3.84. The highest BCUT2D eigenvalue weighted by atomic mass is 79.9. The zero-order chi connectivity index (χ0) is 9.26. The van der Waals surface area contributed by atoms with Gasteiger partial charge in [0.15, 0.2) is 5.01 Å². The molecule has 0 aromatic heterocycles. The zero-order valence-corrected chi connectivity index (χ0v) is 9.95. The van der Waals surface area contributed by atoms with Crippen molar-refractivity contribution in [2.45, 2.75) is 9.84 Å². The number of rotatable bonds is 0. The summed E-state index contributed by atoms with van der Waals surface area (Å²) < 4.78 is 5.39. The lowest BCUT2D eigenvalue weighted by Crippen LogP contribution is -2.06. The van der Waals surface area contributed by atoms with Crippen molar-refractivity contribution in [3.05, 3.63) is 41.7 Å². The van der Waals surface area contributed by atoms with Gasteiger partial charge in [-0.2, -0.15) is 0 Å². The van der Waals surface area contributed by atoms with Crippen molar-refractivity contribution >= 4 is 37.9 Å². The van der Waals surface area contributed by atoms with Gasteiger partial charge >= 0.3 is 0 Å². The SMILES string of the molecule is BrC1OC=Cc2ccccc2C1Br. The fourth-order valence-electron chi connectivity index (χ4n) is 1.31. The van der Waals surface area contributed by atoms with Crippen LogP contribution < -0.4 is 0 Å². The molecule has 0 bridgehead atoms. The van der Waals surface area contributed by atoms with Crippen LogP contribution in [0.5, 0.6) is 0 Å². The predicted molar refractivity (Wildman–Crippen MR) is 60.9 cm³/mol. The van der Waals surface area contributed by atoms with E-state index in [1.807, 2.05) is 18.2 Å². The minimum atomic E-state index is -0.00704. The Morgan fingerprint density at radius 2 is 1.92 bits per heavy atom. The molecule has 0 spiro atoms. The largest absolute Gasteiger partial charge is 0.485 e. The van der Waals surface area contributed by atoms with E-state index in [-0.39, 0.29) is 9.84 Å². The molecule has 3 heteroatoms. The van der Waals surface area contributed by atoms with Crippen molar-refractivity contribution in [2.75, 3.05) is 0 Å². The Morgan fingerprint density at radius 1 is 1.15 bits per heavy atom. The standard InChI is InChI=1S/C10H8Br2O/c11-9-8-4-2-1-3-7(8)5-6-13-10(9)12/h1-6,9-10H. The molecule has 1 heterocycles. The lowest BCUT2D eigenvalue weighted by atomic mass is 10.1. The van der Waals surface area contributed by atoms with E-state index in [0.29, 0.717) is 0 Å². The van der Waals surface area contributed by atoms with E-state index in [9.17, 15) is 0 Å². The van der Waals surface area contributed by atoms with Gasteiger partial charge in [0, 0.05) is 0 Å². The van der Waals surface area contributed by atoms with Gasteiger partial charge in [0.2, 0.25) is 0 Å². The number of ether oxygens (including phenoxy) is 1. The highest BCUT2D eigenvalue weighted by molar-refractivity contribution is 9.12. The minimum Gasteiger partial charge on any atom is -0.485 e. The molecule has 1 aromatic rings. The molecule has 1 nitrogen and oxygen atoms in total. The third-order valence-electron chi connectivity index (χ3n) is 1.98. The monoisotopic (exact) mass is 302 g/mol. The molecule has 0 saturated carbocycles. The Balaban J connectivity index is 2.48. The van der Waals surface area contributed by atoms with Crippen LogP contribution in [-0.4, -0.2) is 5.01 Å². The summed E-state index contributed by atoms with van der Waals surface area (Å²) in [5, 5.41) is -0.00704. The third kappa shape index (κ3) is 1.81. The van der Waals surface area contributed by atoms with Crippen LogP contribution in [0.4, 0.5) is 0 Å². The van der Waals surface area contributed by atoms with Crippen LogP contribution >= 0.6 is 31.9 Å². The van der Waals surface area contributed by atoms with Crippen LogP contribution in [0.2, 0.25) is 0 Å². The van der Waals surface area contributed by atoms with Crippen molar-refractivity contribution in [1.29, 1.82) is 0 Å². The molecule has 13 heavy (non-hydrogen) atoms. The second-order valence-electron chi connectivity index (χ2n) is 2.82. The quantitative estimate of drug-likeness (QED) is 0.662. The van der Waals surface area contributed by atoms with Crippen LogP contribution in [0.1, 0.15) is 16.0 Å². The van der Waals surface area contributed by atoms with Gasteiger partial charge in [-0.1, -0.05) is 40.2 Å². The summed E-state index contributed by atoms with van der Waals surface area (Å²) in [6.45, 7) is 0. The second-order valence-corrected chi connectivity index (χ2v) is 4.71. The molecule has 0 N–H and O–H groups in total. The second kappa shape index (κ2) is 3.84. The van der Waals surface area contributed by atoms with E-state index in [0.717, 1.165) is 0 Å². The number of hydrogen-bond donors (Lipinski definition) is 0. The Hall–Kier alpha value is -0.280. The molecule has 0 saturated heterocycles. The molecule has 0 fully saturated rings. The van der Waals surface area contributed by atoms with Crippen molar-refractivity contribution in [3.8, 4) is 0 Å². The zero-order valence-electron chi connectivity index (χ0n) is 6.78. The topological polar surface area (TPSA) is 9.23 Å². The Labute approximate surface area is 94.0 Å². The molecular formula is C10H8Br2O. The molecule has 68 valence electrons. The average molecular weight is 304 g/mol. The summed E-state index contributed by atoms with van der Waals surface area (Å²) >= 11 is 7.04. The summed E-state index contributed by atoms with van der Waals surface area (Å²) in [5.41, 5.74) is 2.45. The van der Waals surface area contributed by atoms with Gasteiger partial charge in [-0.15, -0.1) is 0 Å². The summed E-state index contributed by atoms with van der Waals surface area (Å²) in [6, 6.07) is 8.24. The first-order valence-electron chi connectivity index (χ1n) is 3.98. The molecule has 2 rings (SSSR count). The third-order valence-corrected chi connectivity index (χ3v) is 4.41. The first-order chi connectivity index (χ1) is 6.29. The van der Waals surface area contributed by atoms with Crippen LogP contribution in [-0.2, 0) is 4.74 Å². The number of alkyl halides is 2. The molecule has 0 radical (unpaired) electrons. The molecular weight excluding hydrogens is 296 g/mol. The molecule has 1 aliphatic rings. The molecule has 2 atom stereocenters. The maximum Gasteiger partial charge on any atom is 0.168 e. The normalized spacial score (nSPS) is 26.0. The summed E-state index contributed by atoms with van der Waals surface area (Å²) in [5.74, 6) is 0. The van der Waals surface area contributed by atoms with Crippen molar-refractivity contribution in [2.24, 2.45) is 0 Å². The van der Waals surface area contributed by atoms with Gasteiger partial charge < -0.3 is 4.74 Å². The van der Waals surface area contributed by atoms with Crippen molar-refractivity contribution < 1.29 is 4.74 Å². The summed E-state index contributed by atoms with van der Waals surface area (Å²) in [7, 11) is 0. The Kier molecular flexibility index (Phi) is 2.74. The van der Waals surface area contributed by atoms with E-state index in [1.165, 1.54) is 11.1 Å². The lowest BCUT2D eigenvalue weighted by molar-refractivity contribution is 0.232. The van der Waals surface area contributed by atoms with Crippen LogP contribution in [0.3, 0.4) is 0 Å². The molecule has 2 unspecified atom stereocenters. The fraction of sp³-hybridized carbons (Fsp3) is 0.200. The Morgan fingerprint density at radius 3 is 2.77 bits per heavy atom. The fourth-order valence-corrected chi connectivity index (χ4v) is 2.26. The summed E-state index contributed by atoms with van der Waals surface area (Å²) in [6.07, 6.45) is 3.70. The van der Waals surface area contributed by atoms with Gasteiger partial charge in [-0.25, -0.2) is 0 Å². The van der Waals surface area contributed by atoms with Crippen LogP contribution in [0.15, 0.2) is 30.5 Å². The first-order valence-corrected chi connectivity index (χ1v) is 5.81. The number of halogens is 2. The minimum absolute atomic E-state index is 0.00704. The van der Waals surface area contributed by atoms with E-state index >= 15 is 0 Å². The lowest BCUT2D eigenvalue weighted by Gasteiger charge is -2.15. The average Bonchev–Trinajstić information content (AvgIpc) is 2.29. The van der Waals surface area contributed by atoms with E-state index in [4.69, 9.17) is 4.74 Å². The molecule has 1 aliphatic heterocycles. The highest BCUT2D eigenvalue weighted by Crippen LogP contribution is 2.36. The number of fused-ring (bicyclic) bond motifs is 1. The van der Waals surface area contributed by atoms with Gasteiger partial charge in [0.25, 0.3) is 0 Å². The number of benzene rings is 1. The molecule has 1 aromatic carbocycles. The van der Waals surface area contributed by atoms with E-state index in [2.05, 4.69) is 44.0 Å². The smallest absolute Gasteiger partial charge is 0.168 e. The van der Waals surface area contributed by atoms with Gasteiger partial charge in [-0.3, -0.25) is 0 Å². The maximum atomic E-state index is 5.39. The maximum absolute atomic E-state index is 5.39. The Bertz CT molecular complexity index is 335. The van der Waals surface area contributed by atoms with E-state index < -0.39 is 0 Å². The highest BCUT2D eigenvalue weighted by Gasteiger charge is 2.21.